The maximum Gasteiger partial charge on any atom is 0.205 e. The molecular formula is C20H15Cl3N6. The second-order valence-corrected chi connectivity index (χ2v) is 8.13. The van der Waals surface area contributed by atoms with Crippen LogP contribution < -0.4 is 0 Å². The second kappa shape index (κ2) is 7.44. The van der Waals surface area contributed by atoms with Crippen molar-refractivity contribution in [3.63, 3.8) is 0 Å². The van der Waals surface area contributed by atoms with Crippen LogP contribution in [0, 0.1) is 0 Å². The minimum Gasteiger partial charge on any atom is -0.325 e. The van der Waals surface area contributed by atoms with Crippen LogP contribution in [-0.2, 0) is 13.0 Å². The third-order valence-corrected chi connectivity index (χ3v) is 5.83. The predicted octanol–water partition coefficient (Wildman–Crippen LogP) is 5.49. The molecule has 146 valence electrons. The van der Waals surface area contributed by atoms with E-state index in [4.69, 9.17) is 39.8 Å². The lowest BCUT2D eigenvalue weighted by molar-refractivity contribution is 0.524. The minimum absolute atomic E-state index is 0.580. The molecule has 3 heterocycles. The van der Waals surface area contributed by atoms with Crippen molar-refractivity contribution in [1.82, 2.24) is 29.8 Å². The Kier molecular flexibility index (Phi) is 4.78. The van der Waals surface area contributed by atoms with Crippen LogP contribution in [0.3, 0.4) is 0 Å². The van der Waals surface area contributed by atoms with Crippen LogP contribution in [0.5, 0.6) is 0 Å². The topological polar surface area (TPSA) is 61.4 Å². The molecule has 0 aliphatic carbocycles. The van der Waals surface area contributed by atoms with E-state index >= 15 is 0 Å². The van der Waals surface area contributed by atoms with E-state index in [1.807, 2.05) is 30.3 Å². The molecule has 1 aliphatic rings. The fourth-order valence-electron chi connectivity index (χ4n) is 3.67. The van der Waals surface area contributed by atoms with Gasteiger partial charge in [-0.3, -0.25) is 0 Å². The van der Waals surface area contributed by atoms with Gasteiger partial charge in [0.25, 0.3) is 0 Å². The molecule has 1 aliphatic heterocycles. The zero-order chi connectivity index (χ0) is 20.0. The van der Waals surface area contributed by atoms with Gasteiger partial charge >= 0.3 is 0 Å². The first-order chi connectivity index (χ1) is 14.1. The first-order valence-electron chi connectivity index (χ1n) is 9.21. The number of hydrogen-bond acceptors (Lipinski definition) is 4. The van der Waals surface area contributed by atoms with Crippen molar-refractivity contribution in [2.45, 2.75) is 25.8 Å². The lowest BCUT2D eigenvalue weighted by Gasteiger charge is -2.16. The van der Waals surface area contributed by atoms with Gasteiger partial charge < -0.3 is 4.57 Å². The Morgan fingerprint density at radius 2 is 1.69 bits per heavy atom. The molecule has 29 heavy (non-hydrogen) atoms. The van der Waals surface area contributed by atoms with Gasteiger partial charge in [0, 0.05) is 28.6 Å². The van der Waals surface area contributed by atoms with Crippen LogP contribution in [0.15, 0.2) is 42.5 Å². The van der Waals surface area contributed by atoms with Gasteiger partial charge in [-0.15, -0.1) is 5.10 Å². The van der Waals surface area contributed by atoms with E-state index in [9.17, 15) is 0 Å². The molecule has 2 aromatic carbocycles. The molecule has 0 fully saturated rings. The second-order valence-electron chi connectivity index (χ2n) is 6.85. The molecule has 2 aromatic heterocycles. The van der Waals surface area contributed by atoms with E-state index in [-0.39, 0.29) is 0 Å². The molecular weight excluding hydrogens is 431 g/mol. The van der Waals surface area contributed by atoms with E-state index in [0.717, 1.165) is 54.3 Å². The number of benzene rings is 2. The molecule has 0 saturated carbocycles. The quantitative estimate of drug-likeness (QED) is 0.418. The summed E-state index contributed by atoms with van der Waals surface area (Å²) in [5, 5.41) is 14.3. The summed E-state index contributed by atoms with van der Waals surface area (Å²) in [5.74, 6) is 1.60. The van der Waals surface area contributed by atoms with Gasteiger partial charge in [-0.25, -0.2) is 4.98 Å². The Bertz CT molecular complexity index is 1200. The average Bonchev–Trinajstić information content (AvgIpc) is 3.34. The highest BCUT2D eigenvalue weighted by Gasteiger charge is 2.27. The molecule has 0 atom stereocenters. The van der Waals surface area contributed by atoms with Crippen molar-refractivity contribution in [2.24, 2.45) is 0 Å². The highest BCUT2D eigenvalue weighted by Crippen LogP contribution is 2.38. The molecule has 0 unspecified atom stereocenters. The average molecular weight is 446 g/mol. The fraction of sp³-hybridized carbons (Fsp3) is 0.200. The summed E-state index contributed by atoms with van der Waals surface area (Å²) >= 11 is 18.8. The monoisotopic (exact) mass is 444 g/mol. The number of rotatable bonds is 3. The zero-order valence-corrected chi connectivity index (χ0v) is 17.5. The fourth-order valence-corrected chi connectivity index (χ4v) is 4.17. The van der Waals surface area contributed by atoms with Gasteiger partial charge in [0.15, 0.2) is 0 Å². The van der Waals surface area contributed by atoms with Gasteiger partial charge in [-0.1, -0.05) is 34.8 Å². The SMILES string of the molecule is Clc1ccc(-n2nnnc2-c2c(-c3cc(Cl)ccc3Cl)nc3n2CCCC3)cc1. The number of nitrogens with zero attached hydrogens (tertiary/aromatic N) is 6. The summed E-state index contributed by atoms with van der Waals surface area (Å²) in [4.78, 5) is 4.92. The van der Waals surface area contributed by atoms with Crippen LogP contribution in [0.2, 0.25) is 15.1 Å². The molecule has 0 amide bonds. The highest BCUT2D eigenvalue weighted by molar-refractivity contribution is 6.35. The van der Waals surface area contributed by atoms with Crippen LogP contribution in [0.4, 0.5) is 0 Å². The van der Waals surface area contributed by atoms with Crippen molar-refractivity contribution in [1.29, 1.82) is 0 Å². The lowest BCUT2D eigenvalue weighted by Crippen LogP contribution is -2.13. The van der Waals surface area contributed by atoms with Crippen molar-refractivity contribution in [3.05, 3.63) is 63.4 Å². The zero-order valence-electron chi connectivity index (χ0n) is 15.2. The normalized spacial score (nSPS) is 13.5. The molecule has 5 rings (SSSR count). The Labute approximate surface area is 182 Å². The van der Waals surface area contributed by atoms with Gasteiger partial charge in [-0.2, -0.15) is 4.68 Å². The van der Waals surface area contributed by atoms with E-state index in [0.29, 0.717) is 20.9 Å². The molecule has 9 heteroatoms. The van der Waals surface area contributed by atoms with Crippen molar-refractivity contribution >= 4 is 34.8 Å². The number of imidazole rings is 1. The largest absolute Gasteiger partial charge is 0.325 e. The Morgan fingerprint density at radius 3 is 2.52 bits per heavy atom. The van der Waals surface area contributed by atoms with Gasteiger partial charge in [0.2, 0.25) is 5.82 Å². The summed E-state index contributed by atoms with van der Waals surface area (Å²) < 4.78 is 3.88. The standard InChI is InChI=1S/C20H15Cl3N6/c21-12-4-7-14(8-5-12)29-20(25-26-27-29)19-18(15-11-13(22)6-9-16(15)23)24-17-3-1-2-10-28(17)19/h4-9,11H,1-3,10H2. The molecule has 4 aromatic rings. The first kappa shape index (κ1) is 18.6. The van der Waals surface area contributed by atoms with Crippen molar-refractivity contribution in [2.75, 3.05) is 0 Å². The highest BCUT2D eigenvalue weighted by atomic mass is 35.5. The summed E-state index contributed by atoms with van der Waals surface area (Å²) in [6.07, 6.45) is 3.07. The summed E-state index contributed by atoms with van der Waals surface area (Å²) in [6, 6.07) is 12.7. The number of aryl methyl sites for hydroxylation is 1. The smallest absolute Gasteiger partial charge is 0.205 e. The summed E-state index contributed by atoms with van der Waals surface area (Å²) in [5.41, 5.74) is 3.15. The van der Waals surface area contributed by atoms with Crippen LogP contribution >= 0.6 is 34.8 Å². The molecule has 0 spiro atoms. The number of tetrazole rings is 1. The molecule has 0 radical (unpaired) electrons. The van der Waals surface area contributed by atoms with E-state index < -0.39 is 0 Å². The third-order valence-electron chi connectivity index (χ3n) is 5.01. The predicted molar refractivity (Wildman–Crippen MR) is 114 cm³/mol. The van der Waals surface area contributed by atoms with Crippen LogP contribution in [0.1, 0.15) is 18.7 Å². The van der Waals surface area contributed by atoms with Gasteiger partial charge in [-0.05, 0) is 65.7 Å². The van der Waals surface area contributed by atoms with Gasteiger partial charge in [0.05, 0.1) is 10.7 Å². The summed E-state index contributed by atoms with van der Waals surface area (Å²) in [6.45, 7) is 0.851. The van der Waals surface area contributed by atoms with E-state index in [1.165, 1.54) is 0 Å². The number of fused-ring (bicyclic) bond motifs is 1. The Balaban J connectivity index is 1.76. The number of hydrogen-bond donors (Lipinski definition) is 0. The number of aromatic nitrogens is 6. The molecule has 0 bridgehead atoms. The Morgan fingerprint density at radius 1 is 0.897 bits per heavy atom. The third kappa shape index (κ3) is 3.31. The first-order valence-corrected chi connectivity index (χ1v) is 10.3. The molecule has 6 nitrogen and oxygen atoms in total. The Hall–Kier alpha value is -2.41. The lowest BCUT2D eigenvalue weighted by atomic mass is 10.1. The molecule has 0 saturated heterocycles. The maximum atomic E-state index is 6.52. The summed E-state index contributed by atoms with van der Waals surface area (Å²) in [7, 11) is 0. The maximum absolute atomic E-state index is 6.52. The van der Waals surface area contributed by atoms with Crippen LogP contribution in [-0.4, -0.2) is 29.8 Å². The number of halogens is 3. The van der Waals surface area contributed by atoms with E-state index in [1.54, 1.807) is 16.8 Å². The van der Waals surface area contributed by atoms with Crippen LogP contribution in [0.25, 0.3) is 28.5 Å². The van der Waals surface area contributed by atoms with Crippen molar-refractivity contribution in [3.8, 4) is 28.5 Å². The minimum atomic E-state index is 0.580. The van der Waals surface area contributed by atoms with Crippen molar-refractivity contribution < 1.29 is 0 Å². The molecule has 0 N–H and O–H groups in total. The van der Waals surface area contributed by atoms with Gasteiger partial charge in [0.1, 0.15) is 17.2 Å². The van der Waals surface area contributed by atoms with E-state index in [2.05, 4.69) is 20.1 Å².